The number of nitrogens with zero attached hydrogens (tertiary/aromatic N) is 1. The number of nitrogens with two attached hydrogens (primary N) is 1. The Kier molecular flexibility index (Phi) is 3.31. The SMILES string of the molecule is Cc1cc(C(=O)O)c(CN)nc1C(F)F. The molecule has 1 heterocycles. The lowest BCUT2D eigenvalue weighted by Gasteiger charge is -2.09. The summed E-state index contributed by atoms with van der Waals surface area (Å²) in [4.78, 5) is 14.3. The quantitative estimate of drug-likeness (QED) is 0.802. The lowest BCUT2D eigenvalue weighted by molar-refractivity contribution is 0.0694. The predicted molar refractivity (Wildman–Crippen MR) is 48.8 cm³/mol. The van der Waals surface area contributed by atoms with Crippen molar-refractivity contribution in [2.75, 3.05) is 0 Å². The van der Waals surface area contributed by atoms with Crippen molar-refractivity contribution in [3.63, 3.8) is 0 Å². The van der Waals surface area contributed by atoms with Gasteiger partial charge in [0.2, 0.25) is 0 Å². The molecular formula is C9H10F2N2O2. The number of aromatic nitrogens is 1. The predicted octanol–water partition coefficient (Wildman–Crippen LogP) is 1.48. The minimum atomic E-state index is -2.72. The molecule has 82 valence electrons. The molecule has 0 amide bonds. The van der Waals surface area contributed by atoms with Crippen LogP contribution in [0, 0.1) is 6.92 Å². The Morgan fingerprint density at radius 2 is 2.27 bits per heavy atom. The second-order valence-corrected chi connectivity index (χ2v) is 2.99. The number of aromatic carboxylic acids is 1. The summed E-state index contributed by atoms with van der Waals surface area (Å²) in [6, 6.07) is 1.17. The van der Waals surface area contributed by atoms with Crippen molar-refractivity contribution < 1.29 is 18.7 Å². The molecule has 0 saturated heterocycles. The van der Waals surface area contributed by atoms with Gasteiger partial charge in [0.1, 0.15) is 5.69 Å². The summed E-state index contributed by atoms with van der Waals surface area (Å²) in [6.07, 6.45) is -2.72. The summed E-state index contributed by atoms with van der Waals surface area (Å²) in [6.45, 7) is 1.21. The van der Waals surface area contributed by atoms with Gasteiger partial charge in [-0.2, -0.15) is 0 Å². The van der Waals surface area contributed by atoms with E-state index in [1.165, 1.54) is 13.0 Å². The maximum Gasteiger partial charge on any atom is 0.337 e. The zero-order valence-electron chi connectivity index (χ0n) is 8.00. The van der Waals surface area contributed by atoms with Crippen LogP contribution in [0.4, 0.5) is 8.78 Å². The molecule has 4 nitrogen and oxygen atoms in total. The largest absolute Gasteiger partial charge is 0.478 e. The standard InChI is InChI=1S/C9H10F2N2O2/c1-4-2-5(9(14)15)6(3-12)13-7(4)8(10)11/h2,8H,3,12H2,1H3,(H,14,15). The Labute approximate surface area is 84.7 Å². The number of rotatable bonds is 3. The molecule has 0 saturated carbocycles. The highest BCUT2D eigenvalue weighted by molar-refractivity contribution is 5.89. The van der Waals surface area contributed by atoms with Gasteiger partial charge < -0.3 is 10.8 Å². The minimum Gasteiger partial charge on any atom is -0.478 e. The van der Waals surface area contributed by atoms with Gasteiger partial charge in [0, 0.05) is 6.54 Å². The molecule has 0 bridgehead atoms. The molecule has 1 aromatic heterocycles. The molecule has 0 atom stereocenters. The Morgan fingerprint density at radius 3 is 2.67 bits per heavy atom. The molecule has 0 spiro atoms. The number of carboxylic acids is 1. The van der Waals surface area contributed by atoms with Gasteiger partial charge in [0.25, 0.3) is 6.43 Å². The summed E-state index contributed by atoms with van der Waals surface area (Å²) < 4.78 is 24.9. The fraction of sp³-hybridized carbons (Fsp3) is 0.333. The van der Waals surface area contributed by atoms with E-state index in [0.29, 0.717) is 0 Å². The van der Waals surface area contributed by atoms with E-state index in [-0.39, 0.29) is 23.4 Å². The van der Waals surface area contributed by atoms with E-state index in [4.69, 9.17) is 10.8 Å². The van der Waals surface area contributed by atoms with Gasteiger partial charge in [-0.05, 0) is 18.6 Å². The highest BCUT2D eigenvalue weighted by atomic mass is 19.3. The molecule has 0 unspecified atom stereocenters. The second-order valence-electron chi connectivity index (χ2n) is 2.99. The summed E-state index contributed by atoms with van der Waals surface area (Å²) in [5.74, 6) is -1.22. The molecule has 0 aliphatic rings. The van der Waals surface area contributed by atoms with E-state index in [9.17, 15) is 13.6 Å². The van der Waals surface area contributed by atoms with E-state index in [1.807, 2.05) is 0 Å². The van der Waals surface area contributed by atoms with Crippen LogP contribution in [0.15, 0.2) is 6.07 Å². The van der Waals surface area contributed by atoms with Crippen LogP contribution in [0.25, 0.3) is 0 Å². The van der Waals surface area contributed by atoms with Crippen molar-refractivity contribution in [2.24, 2.45) is 5.73 Å². The number of carbonyl (C=O) groups is 1. The van der Waals surface area contributed by atoms with Crippen molar-refractivity contribution in [3.05, 3.63) is 28.6 Å². The summed E-state index contributed by atoms with van der Waals surface area (Å²) in [7, 11) is 0. The first kappa shape index (κ1) is 11.5. The van der Waals surface area contributed by atoms with Gasteiger partial charge in [-0.15, -0.1) is 0 Å². The smallest absolute Gasteiger partial charge is 0.337 e. The van der Waals surface area contributed by atoms with E-state index in [1.54, 1.807) is 0 Å². The van der Waals surface area contributed by atoms with Gasteiger partial charge >= 0.3 is 5.97 Å². The average Bonchev–Trinajstić information content (AvgIpc) is 2.16. The van der Waals surface area contributed by atoms with Gasteiger partial charge in [-0.25, -0.2) is 18.6 Å². The molecule has 6 heteroatoms. The Balaban J connectivity index is 3.35. The summed E-state index contributed by atoms with van der Waals surface area (Å²) in [5, 5.41) is 8.77. The molecule has 1 aromatic rings. The van der Waals surface area contributed by atoms with Gasteiger partial charge in [0.15, 0.2) is 0 Å². The first-order valence-electron chi connectivity index (χ1n) is 4.19. The van der Waals surface area contributed by atoms with E-state index >= 15 is 0 Å². The first-order chi connectivity index (χ1) is 6.97. The monoisotopic (exact) mass is 216 g/mol. The Morgan fingerprint density at radius 1 is 1.67 bits per heavy atom. The van der Waals surface area contributed by atoms with Gasteiger partial charge in [0.05, 0.1) is 11.3 Å². The number of pyridine rings is 1. The number of hydrogen-bond donors (Lipinski definition) is 2. The number of halogens is 2. The fourth-order valence-corrected chi connectivity index (χ4v) is 1.23. The highest BCUT2D eigenvalue weighted by Crippen LogP contribution is 2.22. The summed E-state index contributed by atoms with van der Waals surface area (Å²) in [5.41, 5.74) is 4.82. The topological polar surface area (TPSA) is 76.2 Å². The van der Waals surface area contributed by atoms with Crippen LogP contribution < -0.4 is 5.73 Å². The molecule has 3 N–H and O–H groups in total. The highest BCUT2D eigenvalue weighted by Gasteiger charge is 2.18. The fourth-order valence-electron chi connectivity index (χ4n) is 1.23. The lowest BCUT2D eigenvalue weighted by atomic mass is 10.1. The van der Waals surface area contributed by atoms with Crippen molar-refractivity contribution in [1.82, 2.24) is 4.98 Å². The average molecular weight is 216 g/mol. The molecule has 0 aromatic carbocycles. The number of alkyl halides is 2. The van der Waals surface area contributed by atoms with Crippen LogP contribution in [0.5, 0.6) is 0 Å². The summed E-state index contributed by atoms with van der Waals surface area (Å²) >= 11 is 0. The van der Waals surface area contributed by atoms with Crippen LogP contribution in [0.3, 0.4) is 0 Å². The van der Waals surface area contributed by atoms with Gasteiger partial charge in [-0.3, -0.25) is 0 Å². The minimum absolute atomic E-state index is 0.0246. The van der Waals surface area contributed by atoms with E-state index in [2.05, 4.69) is 4.98 Å². The first-order valence-corrected chi connectivity index (χ1v) is 4.19. The van der Waals surface area contributed by atoms with Crippen molar-refractivity contribution >= 4 is 5.97 Å². The third-order valence-electron chi connectivity index (χ3n) is 1.96. The van der Waals surface area contributed by atoms with E-state index < -0.39 is 18.1 Å². The molecule has 1 rings (SSSR count). The maximum absolute atomic E-state index is 12.4. The van der Waals surface area contributed by atoms with Crippen molar-refractivity contribution in [1.29, 1.82) is 0 Å². The molecule has 15 heavy (non-hydrogen) atoms. The maximum atomic E-state index is 12.4. The van der Waals surface area contributed by atoms with Crippen LogP contribution in [-0.2, 0) is 6.54 Å². The van der Waals surface area contributed by atoms with E-state index in [0.717, 1.165) is 0 Å². The van der Waals surface area contributed by atoms with Gasteiger partial charge in [-0.1, -0.05) is 0 Å². The number of carboxylic acid groups (broad SMARTS) is 1. The third kappa shape index (κ3) is 2.27. The normalized spacial score (nSPS) is 10.7. The van der Waals surface area contributed by atoms with Crippen molar-refractivity contribution in [2.45, 2.75) is 19.9 Å². The molecule has 0 fully saturated rings. The second kappa shape index (κ2) is 4.31. The Hall–Kier alpha value is -1.56. The van der Waals surface area contributed by atoms with Crippen LogP contribution in [-0.4, -0.2) is 16.1 Å². The third-order valence-corrected chi connectivity index (χ3v) is 1.96. The Bertz CT molecular complexity index is 394. The molecular weight excluding hydrogens is 206 g/mol. The molecule has 0 aliphatic carbocycles. The molecule has 0 radical (unpaired) electrons. The van der Waals surface area contributed by atoms with Crippen LogP contribution >= 0.6 is 0 Å². The number of aryl methyl sites for hydroxylation is 1. The van der Waals surface area contributed by atoms with Crippen LogP contribution in [0.1, 0.15) is 33.7 Å². The number of hydrogen-bond acceptors (Lipinski definition) is 3. The molecule has 0 aliphatic heterocycles. The zero-order chi connectivity index (χ0) is 11.6. The van der Waals surface area contributed by atoms with Crippen molar-refractivity contribution in [3.8, 4) is 0 Å². The van der Waals surface area contributed by atoms with Crippen LogP contribution in [0.2, 0.25) is 0 Å². The lowest BCUT2D eigenvalue weighted by Crippen LogP contribution is -2.12. The zero-order valence-corrected chi connectivity index (χ0v) is 8.00.